The summed E-state index contributed by atoms with van der Waals surface area (Å²) in [5.74, 6) is -1.20. The molecule has 32 heavy (non-hydrogen) atoms. The van der Waals surface area contributed by atoms with E-state index in [2.05, 4.69) is 15.3 Å². The van der Waals surface area contributed by atoms with E-state index in [1.807, 2.05) is 35.2 Å². The number of halogens is 2. The van der Waals surface area contributed by atoms with Crippen LogP contribution in [-0.2, 0) is 16.8 Å². The number of nitrogens with zero attached hydrogens (tertiary/aromatic N) is 3. The molecule has 6 nitrogen and oxygen atoms in total. The number of aryl methyl sites for hydroxylation is 1. The first-order valence-electron chi connectivity index (χ1n) is 10.4. The van der Waals surface area contributed by atoms with Crippen LogP contribution in [0.4, 0.5) is 14.6 Å². The number of β-amino-alcohol motifs (C(OH)–C–C–N with tert-alkyl or cyclic N) is 1. The van der Waals surface area contributed by atoms with Crippen LogP contribution in [0.15, 0.2) is 60.8 Å². The fourth-order valence-corrected chi connectivity index (χ4v) is 4.20. The molecule has 8 heteroatoms. The summed E-state index contributed by atoms with van der Waals surface area (Å²) in [6, 6.07) is 14.7. The predicted molar refractivity (Wildman–Crippen MR) is 116 cm³/mol. The summed E-state index contributed by atoms with van der Waals surface area (Å²) in [6.45, 7) is 2.56. The lowest BCUT2D eigenvalue weighted by molar-refractivity contribution is -0.125. The molecule has 2 N–H and O–H groups in total. The third kappa shape index (κ3) is 4.31. The topological polar surface area (TPSA) is 78.4 Å². The number of carbonyl (C=O) groups is 1. The van der Waals surface area contributed by atoms with Crippen LogP contribution in [0.25, 0.3) is 0 Å². The number of hydrogen-bond acceptors (Lipinski definition) is 5. The Balaban J connectivity index is 1.60. The van der Waals surface area contributed by atoms with Gasteiger partial charge in [0.25, 0.3) is 0 Å². The van der Waals surface area contributed by atoms with Crippen LogP contribution in [-0.4, -0.2) is 40.2 Å². The molecule has 0 bridgehead atoms. The van der Waals surface area contributed by atoms with Crippen LogP contribution < -0.4 is 10.2 Å². The Kier molecular flexibility index (Phi) is 6.14. The van der Waals surface area contributed by atoms with Crippen molar-refractivity contribution in [3.8, 4) is 0 Å². The first-order valence-corrected chi connectivity index (χ1v) is 10.4. The van der Waals surface area contributed by atoms with E-state index in [4.69, 9.17) is 0 Å². The van der Waals surface area contributed by atoms with Gasteiger partial charge < -0.3 is 15.3 Å². The molecule has 1 saturated heterocycles. The molecule has 1 amide bonds. The van der Waals surface area contributed by atoms with Gasteiger partial charge in [-0.2, -0.15) is 0 Å². The second kappa shape index (κ2) is 9.00. The van der Waals surface area contributed by atoms with E-state index in [-0.39, 0.29) is 18.5 Å². The second-order valence-electron chi connectivity index (χ2n) is 7.95. The molecule has 0 radical (unpaired) electrons. The summed E-state index contributed by atoms with van der Waals surface area (Å²) in [6.07, 6.45) is 0.770. The van der Waals surface area contributed by atoms with E-state index in [0.29, 0.717) is 24.6 Å². The third-order valence-corrected chi connectivity index (χ3v) is 5.86. The highest BCUT2D eigenvalue weighted by atomic mass is 19.2. The van der Waals surface area contributed by atoms with Crippen LogP contribution in [0, 0.1) is 18.6 Å². The maximum Gasteiger partial charge on any atom is 0.225 e. The molecular formula is C24H24F2N4O2. The Hall–Kier alpha value is -3.39. The van der Waals surface area contributed by atoms with E-state index in [9.17, 15) is 18.7 Å². The summed E-state index contributed by atoms with van der Waals surface area (Å²) >= 11 is 0. The average molecular weight is 438 g/mol. The maximum atomic E-state index is 14.1. The Labute approximate surface area is 184 Å². The normalized spacial score (nSPS) is 20.8. The van der Waals surface area contributed by atoms with E-state index >= 15 is 0 Å². The van der Waals surface area contributed by atoms with Gasteiger partial charge in [0, 0.05) is 24.8 Å². The van der Waals surface area contributed by atoms with Crippen LogP contribution in [0.3, 0.4) is 0 Å². The molecule has 1 aromatic heterocycles. The van der Waals surface area contributed by atoms with Gasteiger partial charge >= 0.3 is 0 Å². The molecule has 0 unspecified atom stereocenters. The molecular weight excluding hydrogens is 414 g/mol. The summed E-state index contributed by atoms with van der Waals surface area (Å²) < 4.78 is 27.6. The zero-order valence-electron chi connectivity index (χ0n) is 17.6. The fourth-order valence-electron chi connectivity index (χ4n) is 4.20. The number of hydrogen-bond donors (Lipinski definition) is 2. The molecule has 3 aromatic rings. The van der Waals surface area contributed by atoms with Crippen molar-refractivity contribution in [3.63, 3.8) is 0 Å². The van der Waals surface area contributed by atoms with Gasteiger partial charge in [0.15, 0.2) is 11.6 Å². The molecule has 0 saturated carbocycles. The van der Waals surface area contributed by atoms with Crippen molar-refractivity contribution in [1.82, 2.24) is 15.3 Å². The summed E-state index contributed by atoms with van der Waals surface area (Å²) in [4.78, 5) is 23.4. The minimum absolute atomic E-state index is 0.0332. The van der Waals surface area contributed by atoms with E-state index in [0.717, 1.165) is 11.6 Å². The van der Waals surface area contributed by atoms with Crippen molar-refractivity contribution in [2.24, 2.45) is 0 Å². The van der Waals surface area contributed by atoms with Gasteiger partial charge in [-0.15, -0.1) is 0 Å². The molecule has 2 aromatic carbocycles. The standard InChI is InChI=1S/C24H24F2N4O2/c1-16-27-12-10-21(28-16)30-13-11-24(20(31)15-30,18-7-3-2-4-8-18)29-22(32)14-17-6-5-9-19(25)23(17)26/h2-10,12,20,31H,11,13-15H2,1H3,(H,29,32)/t20-,24-/m1/s1. The lowest BCUT2D eigenvalue weighted by atomic mass is 9.78. The minimum atomic E-state index is -1.07. The number of piperidine rings is 1. The van der Waals surface area contributed by atoms with E-state index < -0.39 is 29.2 Å². The molecule has 1 aliphatic heterocycles. The number of aliphatic hydroxyl groups is 1. The van der Waals surface area contributed by atoms with Gasteiger partial charge in [-0.25, -0.2) is 18.7 Å². The number of amides is 1. The number of benzene rings is 2. The van der Waals surface area contributed by atoms with Crippen molar-refractivity contribution in [2.45, 2.75) is 31.4 Å². The van der Waals surface area contributed by atoms with Crippen molar-refractivity contribution >= 4 is 11.7 Å². The molecule has 2 atom stereocenters. The number of aliphatic hydroxyl groups excluding tert-OH is 1. The Morgan fingerprint density at radius 2 is 1.97 bits per heavy atom. The zero-order valence-corrected chi connectivity index (χ0v) is 17.6. The molecule has 4 rings (SSSR count). The lowest BCUT2D eigenvalue weighted by Crippen LogP contribution is -2.62. The summed E-state index contributed by atoms with van der Waals surface area (Å²) in [5, 5.41) is 14.2. The maximum absolute atomic E-state index is 14.1. The van der Waals surface area contributed by atoms with Crippen LogP contribution in [0.1, 0.15) is 23.4 Å². The molecule has 2 heterocycles. The minimum Gasteiger partial charge on any atom is -0.388 e. The number of rotatable bonds is 5. The van der Waals surface area contributed by atoms with Gasteiger partial charge in [-0.05, 0) is 31.0 Å². The van der Waals surface area contributed by atoms with Crippen LogP contribution in [0.2, 0.25) is 0 Å². The Morgan fingerprint density at radius 1 is 1.19 bits per heavy atom. The zero-order chi connectivity index (χ0) is 22.7. The molecule has 166 valence electrons. The number of anilines is 1. The van der Waals surface area contributed by atoms with Crippen molar-refractivity contribution in [1.29, 1.82) is 0 Å². The predicted octanol–water partition coefficient (Wildman–Crippen LogP) is 2.89. The van der Waals surface area contributed by atoms with Crippen molar-refractivity contribution in [2.75, 3.05) is 18.0 Å². The molecule has 1 aliphatic rings. The van der Waals surface area contributed by atoms with Crippen molar-refractivity contribution < 1.29 is 18.7 Å². The SMILES string of the molecule is Cc1nccc(N2CC[C@@](NC(=O)Cc3cccc(F)c3F)(c3ccccc3)[C@H](O)C2)n1. The van der Waals surface area contributed by atoms with Gasteiger partial charge in [0.1, 0.15) is 11.6 Å². The molecule has 0 spiro atoms. The van der Waals surface area contributed by atoms with Gasteiger partial charge in [-0.3, -0.25) is 4.79 Å². The van der Waals surface area contributed by atoms with Crippen LogP contribution in [0.5, 0.6) is 0 Å². The largest absolute Gasteiger partial charge is 0.388 e. The molecule has 1 fully saturated rings. The fraction of sp³-hybridized carbons (Fsp3) is 0.292. The van der Waals surface area contributed by atoms with E-state index in [1.54, 1.807) is 19.2 Å². The van der Waals surface area contributed by atoms with Gasteiger partial charge in [-0.1, -0.05) is 42.5 Å². The highest BCUT2D eigenvalue weighted by Crippen LogP contribution is 2.35. The van der Waals surface area contributed by atoms with Gasteiger partial charge in [0.2, 0.25) is 5.91 Å². The first-order chi connectivity index (χ1) is 15.4. The first kappa shape index (κ1) is 21.8. The smallest absolute Gasteiger partial charge is 0.225 e. The number of aromatic nitrogens is 2. The monoisotopic (exact) mass is 438 g/mol. The number of carbonyl (C=O) groups excluding carboxylic acids is 1. The Morgan fingerprint density at radius 3 is 2.69 bits per heavy atom. The molecule has 0 aliphatic carbocycles. The van der Waals surface area contributed by atoms with Crippen LogP contribution >= 0.6 is 0 Å². The average Bonchev–Trinajstić information content (AvgIpc) is 2.79. The van der Waals surface area contributed by atoms with E-state index in [1.165, 1.54) is 12.1 Å². The quantitative estimate of drug-likeness (QED) is 0.641. The highest BCUT2D eigenvalue weighted by Gasteiger charge is 2.45. The van der Waals surface area contributed by atoms with Crippen molar-refractivity contribution in [3.05, 3.63) is 89.4 Å². The Bertz CT molecular complexity index is 1110. The summed E-state index contributed by atoms with van der Waals surface area (Å²) in [5.41, 5.74) is -0.353. The summed E-state index contributed by atoms with van der Waals surface area (Å²) in [7, 11) is 0. The lowest BCUT2D eigenvalue weighted by Gasteiger charge is -2.46. The third-order valence-electron chi connectivity index (χ3n) is 5.86. The van der Waals surface area contributed by atoms with Gasteiger partial charge in [0.05, 0.1) is 18.1 Å². The second-order valence-corrected chi connectivity index (χ2v) is 7.95. The number of nitrogens with one attached hydrogen (secondary N) is 1. The highest BCUT2D eigenvalue weighted by molar-refractivity contribution is 5.80.